The molecule has 0 bridgehead atoms. The molecule has 46 valence electrons. The van der Waals surface area contributed by atoms with Crippen LogP contribution in [0.2, 0.25) is 0 Å². The quantitative estimate of drug-likeness (QED) is 0.507. The van der Waals surface area contributed by atoms with Crippen molar-refractivity contribution in [1.29, 1.82) is 0 Å². The van der Waals surface area contributed by atoms with Gasteiger partial charge in [0.05, 0.1) is 9.99 Å². The Labute approximate surface area is 52.9 Å². The Kier molecular flexibility index (Phi) is 1.37. The first-order chi connectivity index (χ1) is 3.63. The summed E-state index contributed by atoms with van der Waals surface area (Å²) in [7, 11) is -2.86. The molecule has 0 atom stereocenters. The van der Waals surface area contributed by atoms with Gasteiger partial charge in [-0.25, -0.2) is 8.42 Å². The highest BCUT2D eigenvalue weighted by molar-refractivity contribution is 8.21. The molecule has 0 aromatic carbocycles. The Morgan fingerprint density at radius 3 is 2.38 bits per heavy atom. The summed E-state index contributed by atoms with van der Waals surface area (Å²) < 4.78 is 21.6. The fourth-order valence-electron chi connectivity index (χ4n) is 0.469. The second-order valence-corrected chi connectivity index (χ2v) is 5.12. The molecule has 0 amide bonds. The van der Waals surface area contributed by atoms with Gasteiger partial charge in [-0.05, 0) is 0 Å². The van der Waals surface area contributed by atoms with Crippen molar-refractivity contribution in [2.24, 2.45) is 0 Å². The van der Waals surface area contributed by atoms with E-state index in [1.165, 1.54) is 11.8 Å². The molecule has 1 rings (SSSR count). The second kappa shape index (κ2) is 1.77. The van der Waals surface area contributed by atoms with Gasteiger partial charge < -0.3 is 0 Å². The predicted octanol–water partition coefficient (Wildman–Crippen LogP) is 0.619. The molecule has 0 aromatic heterocycles. The maximum atomic E-state index is 10.6. The first-order valence-electron chi connectivity index (χ1n) is 2.17. The van der Waals surface area contributed by atoms with Crippen LogP contribution in [0.15, 0.2) is 10.8 Å². The zero-order valence-electron chi connectivity index (χ0n) is 4.25. The van der Waals surface area contributed by atoms with Crippen LogP contribution in [0.1, 0.15) is 0 Å². The Bertz CT molecular complexity index is 202. The average molecular weight is 150 g/mol. The maximum Gasteiger partial charge on any atom is 0.184 e. The summed E-state index contributed by atoms with van der Waals surface area (Å²) in [6, 6.07) is 0. The topological polar surface area (TPSA) is 34.1 Å². The highest BCUT2D eigenvalue weighted by Crippen LogP contribution is 2.27. The molecule has 1 heterocycles. The van der Waals surface area contributed by atoms with Crippen LogP contribution < -0.4 is 0 Å². The van der Waals surface area contributed by atoms with E-state index < -0.39 is 9.84 Å². The minimum absolute atomic E-state index is 0.274. The maximum absolute atomic E-state index is 10.6. The highest BCUT2D eigenvalue weighted by atomic mass is 32.3. The number of hydrogen-bond donors (Lipinski definition) is 0. The van der Waals surface area contributed by atoms with Crippen molar-refractivity contribution in [1.82, 2.24) is 0 Å². The Hall–Kier alpha value is 0.0400. The molecule has 4 heteroatoms. The molecular formula is C4H6O2S2. The van der Waals surface area contributed by atoms with Crippen molar-refractivity contribution in [3.05, 3.63) is 10.8 Å². The molecule has 8 heavy (non-hydrogen) atoms. The number of rotatable bonds is 0. The van der Waals surface area contributed by atoms with Gasteiger partial charge in [-0.2, -0.15) is 0 Å². The van der Waals surface area contributed by atoms with Crippen molar-refractivity contribution >= 4 is 21.6 Å². The fourth-order valence-corrected chi connectivity index (χ4v) is 3.35. The molecule has 1 aliphatic heterocycles. The summed E-state index contributed by atoms with van der Waals surface area (Å²) in [4.78, 5) is 0. The van der Waals surface area contributed by atoms with Gasteiger partial charge in [0, 0.05) is 5.75 Å². The molecule has 0 aromatic rings. The molecule has 1 aliphatic rings. The highest BCUT2D eigenvalue weighted by Gasteiger charge is 2.22. The fraction of sp³-hybridized carbons (Fsp3) is 0.500. The molecule has 0 N–H and O–H groups in total. The van der Waals surface area contributed by atoms with Crippen molar-refractivity contribution in [2.45, 2.75) is 0 Å². The minimum atomic E-state index is -2.86. The number of sulfone groups is 1. The van der Waals surface area contributed by atoms with E-state index >= 15 is 0 Å². The van der Waals surface area contributed by atoms with Gasteiger partial charge in [-0.15, -0.1) is 11.8 Å². The number of hydrogen-bond acceptors (Lipinski definition) is 3. The SMILES string of the molecule is C=C1SCCS1(=O)=O. The molecule has 1 fully saturated rings. The Morgan fingerprint density at radius 2 is 2.25 bits per heavy atom. The van der Waals surface area contributed by atoms with Crippen LogP contribution in [0.3, 0.4) is 0 Å². The molecular weight excluding hydrogens is 144 g/mol. The van der Waals surface area contributed by atoms with Crippen LogP contribution in [0.25, 0.3) is 0 Å². The van der Waals surface area contributed by atoms with Crippen LogP contribution in [0.5, 0.6) is 0 Å². The zero-order valence-corrected chi connectivity index (χ0v) is 5.89. The van der Waals surface area contributed by atoms with Gasteiger partial charge in [0.15, 0.2) is 9.84 Å². The molecule has 0 radical (unpaired) electrons. The lowest BCUT2D eigenvalue weighted by Gasteiger charge is -1.86. The Morgan fingerprint density at radius 1 is 1.62 bits per heavy atom. The third-order valence-corrected chi connectivity index (χ3v) is 4.50. The van der Waals surface area contributed by atoms with E-state index in [0.29, 0.717) is 9.99 Å². The first-order valence-corrected chi connectivity index (χ1v) is 4.81. The summed E-state index contributed by atoms with van der Waals surface area (Å²) >= 11 is 1.32. The summed E-state index contributed by atoms with van der Waals surface area (Å²) in [6.07, 6.45) is 0. The van der Waals surface area contributed by atoms with E-state index in [4.69, 9.17) is 0 Å². The van der Waals surface area contributed by atoms with Gasteiger partial charge in [-0.3, -0.25) is 0 Å². The van der Waals surface area contributed by atoms with E-state index in [9.17, 15) is 8.42 Å². The lowest BCUT2D eigenvalue weighted by molar-refractivity contribution is 0.606. The minimum Gasteiger partial charge on any atom is -0.223 e. The zero-order chi connectivity index (χ0) is 6.20. The summed E-state index contributed by atoms with van der Waals surface area (Å²) in [5, 5.41) is 0. The molecule has 0 unspecified atom stereocenters. The van der Waals surface area contributed by atoms with Crippen LogP contribution >= 0.6 is 11.8 Å². The Balaban J connectivity index is 3.02. The molecule has 0 saturated carbocycles. The van der Waals surface area contributed by atoms with Crippen LogP contribution in [0.4, 0.5) is 0 Å². The molecule has 0 aliphatic carbocycles. The van der Waals surface area contributed by atoms with E-state index in [1.54, 1.807) is 0 Å². The summed E-state index contributed by atoms with van der Waals surface area (Å²) in [5.74, 6) is 0.956. The van der Waals surface area contributed by atoms with Crippen LogP contribution in [-0.2, 0) is 9.84 Å². The molecule has 0 spiro atoms. The van der Waals surface area contributed by atoms with Gasteiger partial charge in [0.2, 0.25) is 0 Å². The number of thioether (sulfide) groups is 1. The van der Waals surface area contributed by atoms with Gasteiger partial charge in [-0.1, -0.05) is 6.58 Å². The molecule has 2 nitrogen and oxygen atoms in total. The third kappa shape index (κ3) is 0.902. The van der Waals surface area contributed by atoms with Gasteiger partial charge in [0.1, 0.15) is 0 Å². The standard InChI is InChI=1S/C4H6O2S2/c1-4-7-2-3-8(4,5)6/h1-3H2. The first kappa shape index (κ1) is 6.16. The van der Waals surface area contributed by atoms with E-state index in [2.05, 4.69) is 6.58 Å². The van der Waals surface area contributed by atoms with Crippen molar-refractivity contribution < 1.29 is 8.42 Å². The monoisotopic (exact) mass is 150 g/mol. The largest absolute Gasteiger partial charge is 0.223 e. The van der Waals surface area contributed by atoms with E-state index in [0.717, 1.165) is 0 Å². The normalized spacial score (nSPS) is 26.2. The second-order valence-electron chi connectivity index (χ2n) is 1.54. The van der Waals surface area contributed by atoms with Gasteiger partial charge in [0.25, 0.3) is 0 Å². The van der Waals surface area contributed by atoms with Crippen LogP contribution in [-0.4, -0.2) is 19.9 Å². The van der Waals surface area contributed by atoms with E-state index in [1.807, 2.05) is 0 Å². The average Bonchev–Trinajstić information content (AvgIpc) is 1.86. The molecule has 1 saturated heterocycles. The summed E-state index contributed by atoms with van der Waals surface area (Å²) in [5.41, 5.74) is 0. The van der Waals surface area contributed by atoms with Crippen LogP contribution in [0, 0.1) is 0 Å². The van der Waals surface area contributed by atoms with E-state index in [-0.39, 0.29) is 5.75 Å². The predicted molar refractivity (Wildman–Crippen MR) is 35.4 cm³/mol. The van der Waals surface area contributed by atoms with Gasteiger partial charge >= 0.3 is 0 Å². The lowest BCUT2D eigenvalue weighted by atomic mass is 11.0. The third-order valence-electron chi connectivity index (χ3n) is 0.962. The summed E-state index contributed by atoms with van der Waals surface area (Å²) in [6.45, 7) is 3.38. The van der Waals surface area contributed by atoms with Crippen molar-refractivity contribution in [3.8, 4) is 0 Å². The smallest absolute Gasteiger partial charge is 0.184 e. The van der Waals surface area contributed by atoms with Crippen molar-refractivity contribution in [3.63, 3.8) is 0 Å². The van der Waals surface area contributed by atoms with Crippen molar-refractivity contribution in [2.75, 3.05) is 11.5 Å². The lowest BCUT2D eigenvalue weighted by Crippen LogP contribution is -1.97.